The number of likely N-dealkylation sites (tertiary alicyclic amines) is 1. The maximum atomic E-state index is 6.97. The number of hydrogen-bond donors (Lipinski definition) is 1. The van der Waals surface area contributed by atoms with Crippen LogP contribution in [0.5, 0.6) is 0 Å². The summed E-state index contributed by atoms with van der Waals surface area (Å²) >= 11 is 0. The average molecular weight is 272 g/mol. The molecule has 1 saturated heterocycles. The van der Waals surface area contributed by atoms with Gasteiger partial charge in [-0.1, -0.05) is 50.5 Å². The number of nitrogens with two attached hydrogens (primary N) is 1. The summed E-state index contributed by atoms with van der Waals surface area (Å²) in [4.78, 5) is 2.70. The summed E-state index contributed by atoms with van der Waals surface area (Å²) in [5.74, 6) is 0. The summed E-state index contributed by atoms with van der Waals surface area (Å²) in [5, 5.41) is 0. The number of fused-ring (bicyclic) bond motifs is 1. The molecule has 2 N–H and O–H groups in total. The van der Waals surface area contributed by atoms with Crippen LogP contribution in [0.1, 0.15) is 56.6 Å². The molecule has 20 heavy (non-hydrogen) atoms. The van der Waals surface area contributed by atoms with Gasteiger partial charge in [0.15, 0.2) is 0 Å². The normalized spacial score (nSPS) is 31.0. The maximum absolute atomic E-state index is 6.97. The third kappa shape index (κ3) is 2.40. The van der Waals surface area contributed by atoms with Gasteiger partial charge in [0.1, 0.15) is 0 Å². The van der Waals surface area contributed by atoms with E-state index in [0.29, 0.717) is 6.04 Å². The molecule has 1 aliphatic heterocycles. The Morgan fingerprint density at radius 1 is 1.15 bits per heavy atom. The Kier molecular flexibility index (Phi) is 4.13. The Bertz CT molecular complexity index is 448. The van der Waals surface area contributed by atoms with Gasteiger partial charge in [0, 0.05) is 6.04 Å². The van der Waals surface area contributed by atoms with Crippen molar-refractivity contribution in [2.75, 3.05) is 13.1 Å². The second-order valence-corrected chi connectivity index (χ2v) is 6.62. The van der Waals surface area contributed by atoms with E-state index in [1.54, 1.807) is 0 Å². The minimum absolute atomic E-state index is 0.129. The Labute approximate surface area is 123 Å². The van der Waals surface area contributed by atoms with E-state index in [-0.39, 0.29) is 5.54 Å². The van der Waals surface area contributed by atoms with Gasteiger partial charge >= 0.3 is 0 Å². The van der Waals surface area contributed by atoms with Crippen molar-refractivity contribution in [2.45, 2.75) is 63.5 Å². The van der Waals surface area contributed by atoms with Crippen LogP contribution in [0.3, 0.4) is 0 Å². The molecule has 1 fully saturated rings. The topological polar surface area (TPSA) is 29.3 Å². The van der Waals surface area contributed by atoms with Gasteiger partial charge in [-0.15, -0.1) is 0 Å². The number of hydrogen-bond acceptors (Lipinski definition) is 2. The number of benzene rings is 1. The first-order valence-corrected chi connectivity index (χ1v) is 8.37. The van der Waals surface area contributed by atoms with Crippen molar-refractivity contribution >= 4 is 0 Å². The van der Waals surface area contributed by atoms with Crippen molar-refractivity contribution < 1.29 is 0 Å². The highest BCUT2D eigenvalue weighted by Crippen LogP contribution is 2.41. The summed E-state index contributed by atoms with van der Waals surface area (Å²) in [7, 11) is 0. The lowest BCUT2D eigenvalue weighted by Crippen LogP contribution is -2.54. The van der Waals surface area contributed by atoms with Gasteiger partial charge in [0.2, 0.25) is 0 Å². The fraction of sp³-hybridized carbons (Fsp3) is 0.667. The fourth-order valence-electron chi connectivity index (χ4n) is 4.30. The van der Waals surface area contributed by atoms with Crippen molar-refractivity contribution in [3.05, 3.63) is 35.4 Å². The van der Waals surface area contributed by atoms with E-state index >= 15 is 0 Å². The fourth-order valence-corrected chi connectivity index (χ4v) is 4.30. The first kappa shape index (κ1) is 14.1. The summed E-state index contributed by atoms with van der Waals surface area (Å²) in [6.07, 6.45) is 8.88. The van der Waals surface area contributed by atoms with Gasteiger partial charge in [-0.25, -0.2) is 0 Å². The minimum atomic E-state index is -0.129. The van der Waals surface area contributed by atoms with Crippen LogP contribution < -0.4 is 5.73 Å². The molecular formula is C18H28N2. The summed E-state index contributed by atoms with van der Waals surface area (Å²) in [5.41, 5.74) is 9.73. The van der Waals surface area contributed by atoms with E-state index in [1.165, 1.54) is 49.9 Å². The van der Waals surface area contributed by atoms with Crippen LogP contribution in [0.25, 0.3) is 0 Å². The van der Waals surface area contributed by atoms with Gasteiger partial charge < -0.3 is 5.73 Å². The van der Waals surface area contributed by atoms with Crippen LogP contribution in [0.4, 0.5) is 0 Å². The van der Waals surface area contributed by atoms with E-state index in [2.05, 4.69) is 36.1 Å². The Hall–Kier alpha value is -0.860. The molecule has 2 unspecified atom stereocenters. The molecule has 0 aromatic heterocycles. The predicted molar refractivity (Wildman–Crippen MR) is 84.7 cm³/mol. The second kappa shape index (κ2) is 5.87. The van der Waals surface area contributed by atoms with Crippen molar-refractivity contribution in [2.24, 2.45) is 5.73 Å². The molecule has 2 aliphatic rings. The zero-order valence-electron chi connectivity index (χ0n) is 12.8. The molecule has 0 radical (unpaired) electrons. The van der Waals surface area contributed by atoms with Crippen molar-refractivity contribution in [3.8, 4) is 0 Å². The zero-order valence-corrected chi connectivity index (χ0v) is 12.8. The lowest BCUT2D eigenvalue weighted by molar-refractivity contribution is 0.127. The highest BCUT2D eigenvalue weighted by Gasteiger charge is 2.45. The highest BCUT2D eigenvalue weighted by molar-refractivity contribution is 5.41. The van der Waals surface area contributed by atoms with E-state index in [0.717, 1.165) is 19.3 Å². The van der Waals surface area contributed by atoms with Crippen LogP contribution in [0, 0.1) is 0 Å². The van der Waals surface area contributed by atoms with Gasteiger partial charge in [0.25, 0.3) is 0 Å². The third-order valence-electron chi connectivity index (χ3n) is 5.27. The minimum Gasteiger partial charge on any atom is -0.320 e. The molecule has 2 nitrogen and oxygen atoms in total. The van der Waals surface area contributed by atoms with E-state index in [1.807, 2.05) is 0 Å². The molecule has 2 heteroatoms. The van der Waals surface area contributed by atoms with Gasteiger partial charge in [-0.3, -0.25) is 4.90 Å². The predicted octanol–water partition coefficient (Wildman–Crippen LogP) is 3.44. The van der Waals surface area contributed by atoms with Crippen LogP contribution in [0.15, 0.2) is 24.3 Å². The highest BCUT2D eigenvalue weighted by atomic mass is 15.2. The molecule has 0 spiro atoms. The van der Waals surface area contributed by atoms with E-state index in [4.69, 9.17) is 5.73 Å². The Balaban J connectivity index is 1.91. The van der Waals surface area contributed by atoms with Crippen LogP contribution in [0.2, 0.25) is 0 Å². The average Bonchev–Trinajstić information content (AvgIpc) is 2.64. The standard InChI is InChI=1S/C18H28N2/c1-2-11-18(19)16-10-6-5-9-15(16)14-17(18)20-12-7-3-4-8-13-20/h5-6,9-10,17H,2-4,7-8,11-14,19H2,1H3. The second-order valence-electron chi connectivity index (χ2n) is 6.62. The zero-order chi connectivity index (χ0) is 14.0. The third-order valence-corrected chi connectivity index (χ3v) is 5.27. The number of nitrogens with zero attached hydrogens (tertiary/aromatic N) is 1. The van der Waals surface area contributed by atoms with Gasteiger partial charge in [0.05, 0.1) is 5.54 Å². The molecule has 1 aliphatic carbocycles. The lowest BCUT2D eigenvalue weighted by Gasteiger charge is -2.40. The largest absolute Gasteiger partial charge is 0.320 e. The molecule has 0 bridgehead atoms. The SMILES string of the molecule is CCCC1(N)c2ccccc2CC1N1CCCCCC1. The summed E-state index contributed by atoms with van der Waals surface area (Å²) in [6, 6.07) is 9.38. The van der Waals surface area contributed by atoms with Crippen molar-refractivity contribution in [1.29, 1.82) is 0 Å². The van der Waals surface area contributed by atoms with Crippen LogP contribution in [-0.2, 0) is 12.0 Å². The van der Waals surface area contributed by atoms with Crippen LogP contribution in [-0.4, -0.2) is 24.0 Å². The molecule has 1 aromatic carbocycles. The van der Waals surface area contributed by atoms with Gasteiger partial charge in [-0.05, 0) is 49.9 Å². The quantitative estimate of drug-likeness (QED) is 0.913. The molecule has 0 saturated carbocycles. The van der Waals surface area contributed by atoms with E-state index in [9.17, 15) is 0 Å². The Morgan fingerprint density at radius 2 is 1.85 bits per heavy atom. The molecular weight excluding hydrogens is 244 g/mol. The molecule has 1 heterocycles. The maximum Gasteiger partial charge on any atom is 0.0573 e. The molecule has 110 valence electrons. The van der Waals surface area contributed by atoms with E-state index < -0.39 is 0 Å². The first-order valence-electron chi connectivity index (χ1n) is 8.37. The lowest BCUT2D eigenvalue weighted by atomic mass is 9.84. The Morgan fingerprint density at radius 3 is 2.55 bits per heavy atom. The van der Waals surface area contributed by atoms with Crippen molar-refractivity contribution in [1.82, 2.24) is 4.90 Å². The molecule has 3 rings (SSSR count). The molecule has 2 atom stereocenters. The molecule has 0 amide bonds. The van der Waals surface area contributed by atoms with Crippen LogP contribution >= 0.6 is 0 Å². The van der Waals surface area contributed by atoms with Crippen molar-refractivity contribution in [3.63, 3.8) is 0 Å². The summed E-state index contributed by atoms with van der Waals surface area (Å²) < 4.78 is 0. The first-order chi connectivity index (χ1) is 9.75. The number of rotatable bonds is 3. The summed E-state index contributed by atoms with van der Waals surface area (Å²) in [6.45, 7) is 4.73. The monoisotopic (exact) mass is 272 g/mol. The van der Waals surface area contributed by atoms with Gasteiger partial charge in [-0.2, -0.15) is 0 Å². The molecule has 1 aromatic rings. The smallest absolute Gasteiger partial charge is 0.0573 e.